The van der Waals surface area contributed by atoms with E-state index in [9.17, 15) is 9.59 Å². The molecule has 0 unspecified atom stereocenters. The number of aromatic nitrogens is 2. The summed E-state index contributed by atoms with van der Waals surface area (Å²) in [4.78, 5) is 28.1. The highest BCUT2D eigenvalue weighted by Gasteiger charge is 2.27. The lowest BCUT2D eigenvalue weighted by molar-refractivity contribution is -0.131. The normalized spacial score (nSPS) is 15.8. The summed E-state index contributed by atoms with van der Waals surface area (Å²) in [6.07, 6.45) is 2.12. The van der Waals surface area contributed by atoms with Crippen molar-refractivity contribution in [3.05, 3.63) is 50.6 Å². The summed E-state index contributed by atoms with van der Waals surface area (Å²) >= 11 is 2.92. The van der Waals surface area contributed by atoms with E-state index < -0.39 is 0 Å². The summed E-state index contributed by atoms with van der Waals surface area (Å²) in [6.45, 7) is 1.59. The molecule has 0 aliphatic carbocycles. The van der Waals surface area contributed by atoms with Gasteiger partial charge in [0.05, 0.1) is 6.42 Å². The molecular weight excluding hydrogens is 436 g/mol. The molecule has 1 aromatic carbocycles. The first-order chi connectivity index (χ1) is 15.2. The predicted molar refractivity (Wildman–Crippen MR) is 117 cm³/mol. The number of likely N-dealkylation sites (tertiary alicyclic amines) is 1. The van der Waals surface area contributed by atoms with Crippen molar-refractivity contribution < 1.29 is 19.1 Å². The minimum Gasteiger partial charge on any atom is -0.454 e. The van der Waals surface area contributed by atoms with E-state index in [1.807, 2.05) is 22.4 Å². The first-order valence-electron chi connectivity index (χ1n) is 10.0. The van der Waals surface area contributed by atoms with Gasteiger partial charge in [-0.3, -0.25) is 9.59 Å². The van der Waals surface area contributed by atoms with Gasteiger partial charge in [-0.15, -0.1) is 21.5 Å². The number of ether oxygens (including phenoxy) is 2. The van der Waals surface area contributed by atoms with Crippen molar-refractivity contribution in [2.24, 2.45) is 0 Å². The summed E-state index contributed by atoms with van der Waals surface area (Å²) in [6, 6.07) is 9.21. The van der Waals surface area contributed by atoms with Gasteiger partial charge >= 0.3 is 0 Å². The zero-order chi connectivity index (χ0) is 21.2. The Morgan fingerprint density at radius 3 is 2.77 bits per heavy atom. The third kappa shape index (κ3) is 4.40. The van der Waals surface area contributed by atoms with E-state index in [0.29, 0.717) is 41.7 Å². The second-order valence-electron chi connectivity index (χ2n) is 7.38. The Labute approximate surface area is 186 Å². The molecule has 2 aromatic heterocycles. The number of amides is 2. The number of rotatable bonds is 5. The van der Waals surface area contributed by atoms with Gasteiger partial charge in [0.2, 0.25) is 17.7 Å². The number of nitrogens with one attached hydrogen (secondary N) is 1. The van der Waals surface area contributed by atoms with Crippen LogP contribution in [0.3, 0.4) is 0 Å². The molecule has 8 nitrogen and oxygen atoms in total. The van der Waals surface area contributed by atoms with Gasteiger partial charge < -0.3 is 19.7 Å². The molecule has 2 aliphatic rings. The average Bonchev–Trinajstić information content (AvgIpc) is 3.55. The smallest absolute Gasteiger partial charge is 0.286 e. The van der Waals surface area contributed by atoms with E-state index in [1.54, 1.807) is 29.5 Å². The van der Waals surface area contributed by atoms with Crippen LogP contribution in [0.2, 0.25) is 0 Å². The van der Waals surface area contributed by atoms with Crippen molar-refractivity contribution in [3.63, 3.8) is 0 Å². The Morgan fingerprint density at radius 1 is 1.13 bits per heavy atom. The van der Waals surface area contributed by atoms with Crippen LogP contribution in [0.25, 0.3) is 0 Å². The monoisotopic (exact) mass is 456 g/mol. The lowest BCUT2D eigenvalue weighted by Crippen LogP contribution is -2.38. The highest BCUT2D eigenvalue weighted by molar-refractivity contribution is 7.13. The number of carbonyl (C=O) groups excluding carboxylic acids is 2. The molecule has 4 heterocycles. The Bertz CT molecular complexity index is 1090. The molecule has 5 rings (SSSR count). The third-order valence-corrected chi connectivity index (χ3v) is 7.33. The second kappa shape index (κ2) is 8.64. The molecule has 0 bridgehead atoms. The Hall–Kier alpha value is -2.98. The van der Waals surface area contributed by atoms with Crippen LogP contribution in [0.4, 0.5) is 5.69 Å². The number of thiophene rings is 1. The summed E-state index contributed by atoms with van der Waals surface area (Å²) in [5.41, 5.74) is 0.614. The summed E-state index contributed by atoms with van der Waals surface area (Å²) in [5.74, 6) is 1.36. The first kappa shape index (κ1) is 20.0. The van der Waals surface area contributed by atoms with Crippen LogP contribution >= 0.6 is 22.7 Å². The number of benzene rings is 1. The minimum atomic E-state index is -0.300. The van der Waals surface area contributed by atoms with Crippen molar-refractivity contribution in [1.82, 2.24) is 15.1 Å². The summed E-state index contributed by atoms with van der Waals surface area (Å²) in [7, 11) is 0. The van der Waals surface area contributed by atoms with Crippen LogP contribution in [0.15, 0.2) is 35.7 Å². The van der Waals surface area contributed by atoms with Gasteiger partial charge in [-0.05, 0) is 36.4 Å². The number of carbonyl (C=O) groups is 2. The molecule has 0 atom stereocenters. The van der Waals surface area contributed by atoms with Gasteiger partial charge in [0.1, 0.15) is 5.01 Å². The number of piperidine rings is 1. The number of nitrogens with zero attached hydrogens (tertiary/aromatic N) is 3. The zero-order valence-electron chi connectivity index (χ0n) is 16.6. The van der Waals surface area contributed by atoms with E-state index in [4.69, 9.17) is 9.47 Å². The molecule has 1 saturated heterocycles. The van der Waals surface area contributed by atoms with E-state index >= 15 is 0 Å². The van der Waals surface area contributed by atoms with Gasteiger partial charge in [-0.1, -0.05) is 17.4 Å². The maximum absolute atomic E-state index is 12.6. The number of hydrogen-bond acceptors (Lipinski definition) is 8. The van der Waals surface area contributed by atoms with E-state index in [1.165, 1.54) is 11.3 Å². The Kier molecular flexibility index (Phi) is 5.56. The van der Waals surface area contributed by atoms with E-state index in [-0.39, 0.29) is 24.5 Å². The lowest BCUT2D eigenvalue weighted by Gasteiger charge is -2.30. The first-order valence-corrected chi connectivity index (χ1v) is 11.7. The molecule has 31 heavy (non-hydrogen) atoms. The van der Waals surface area contributed by atoms with Crippen molar-refractivity contribution in [2.75, 3.05) is 25.2 Å². The largest absolute Gasteiger partial charge is 0.454 e. The molecule has 1 N–H and O–H groups in total. The molecule has 0 radical (unpaired) electrons. The fourth-order valence-corrected chi connectivity index (χ4v) is 5.30. The van der Waals surface area contributed by atoms with Crippen LogP contribution in [0, 0.1) is 0 Å². The molecule has 160 valence electrons. The highest BCUT2D eigenvalue weighted by atomic mass is 32.1. The van der Waals surface area contributed by atoms with Gasteiger partial charge in [0.15, 0.2) is 11.5 Å². The fourth-order valence-electron chi connectivity index (χ4n) is 3.70. The van der Waals surface area contributed by atoms with Crippen LogP contribution < -0.4 is 14.8 Å². The van der Waals surface area contributed by atoms with E-state index in [0.717, 1.165) is 22.7 Å². The van der Waals surface area contributed by atoms with Crippen molar-refractivity contribution >= 4 is 40.2 Å². The predicted octanol–water partition coefficient (Wildman–Crippen LogP) is 3.53. The zero-order valence-corrected chi connectivity index (χ0v) is 18.2. The molecule has 0 spiro atoms. The summed E-state index contributed by atoms with van der Waals surface area (Å²) < 4.78 is 10.6. The number of anilines is 1. The quantitative estimate of drug-likeness (QED) is 0.631. The SMILES string of the molecule is O=C(Nc1ccc2c(c1)OCO2)c1nnc(C2CCN(C(=O)Cc3cccs3)CC2)s1. The number of fused-ring (bicyclic) bond motifs is 1. The van der Waals surface area contributed by atoms with Gasteiger partial charge in [-0.25, -0.2) is 0 Å². The van der Waals surface area contributed by atoms with E-state index in [2.05, 4.69) is 15.5 Å². The van der Waals surface area contributed by atoms with Crippen molar-refractivity contribution in [1.29, 1.82) is 0 Å². The Balaban J connectivity index is 1.16. The number of hydrogen-bond donors (Lipinski definition) is 1. The topological polar surface area (TPSA) is 93.7 Å². The van der Waals surface area contributed by atoms with Crippen LogP contribution in [0.5, 0.6) is 11.5 Å². The summed E-state index contributed by atoms with van der Waals surface area (Å²) in [5, 5.41) is 14.3. The Morgan fingerprint density at radius 2 is 1.97 bits per heavy atom. The van der Waals surface area contributed by atoms with Gasteiger partial charge in [0, 0.05) is 35.6 Å². The van der Waals surface area contributed by atoms with Crippen LogP contribution in [-0.2, 0) is 11.2 Å². The minimum absolute atomic E-state index is 0.168. The van der Waals surface area contributed by atoms with Crippen LogP contribution in [-0.4, -0.2) is 46.8 Å². The molecule has 10 heteroatoms. The lowest BCUT2D eigenvalue weighted by atomic mass is 9.97. The van der Waals surface area contributed by atoms with Gasteiger partial charge in [-0.2, -0.15) is 0 Å². The van der Waals surface area contributed by atoms with Gasteiger partial charge in [0.25, 0.3) is 5.91 Å². The molecule has 2 aliphatic heterocycles. The highest BCUT2D eigenvalue weighted by Crippen LogP contribution is 2.35. The maximum Gasteiger partial charge on any atom is 0.286 e. The molecule has 3 aromatic rings. The third-order valence-electron chi connectivity index (χ3n) is 5.37. The molecular formula is C21H20N4O4S2. The van der Waals surface area contributed by atoms with Crippen LogP contribution in [0.1, 0.15) is 38.4 Å². The van der Waals surface area contributed by atoms with Crippen molar-refractivity contribution in [3.8, 4) is 11.5 Å². The fraction of sp³-hybridized carbons (Fsp3) is 0.333. The molecule has 1 fully saturated rings. The maximum atomic E-state index is 12.6. The molecule has 2 amide bonds. The second-order valence-corrected chi connectivity index (χ2v) is 9.42. The standard InChI is InChI=1S/C21H20N4O4S2/c26-18(11-15-2-1-9-30-15)25-7-5-13(6-8-25)20-23-24-21(31-20)19(27)22-14-3-4-16-17(10-14)29-12-28-16/h1-4,9-10,13H,5-8,11-12H2,(H,22,27). The average molecular weight is 457 g/mol. The van der Waals surface area contributed by atoms with Crippen molar-refractivity contribution in [2.45, 2.75) is 25.2 Å². The molecule has 0 saturated carbocycles.